The van der Waals surface area contributed by atoms with Gasteiger partial charge in [0, 0.05) is 42.6 Å². The molecule has 2 bridgehead atoms. The molecule has 0 aliphatic carbocycles. The Bertz CT molecular complexity index is 985. The predicted molar refractivity (Wildman–Crippen MR) is 110 cm³/mol. The van der Waals surface area contributed by atoms with Gasteiger partial charge in [-0.25, -0.2) is 0 Å². The van der Waals surface area contributed by atoms with Crippen LogP contribution in [-0.4, -0.2) is 45.2 Å². The average molecular weight is 394 g/mol. The molecule has 4 heterocycles. The largest absolute Gasteiger partial charge is 0.396 e. The summed E-state index contributed by atoms with van der Waals surface area (Å²) < 4.78 is 1.78. The second kappa shape index (κ2) is 7.93. The van der Waals surface area contributed by atoms with Crippen molar-refractivity contribution >= 4 is 12.0 Å². The molecule has 1 fully saturated rings. The molecule has 2 aliphatic rings. The van der Waals surface area contributed by atoms with Gasteiger partial charge in [-0.1, -0.05) is 18.2 Å². The van der Waals surface area contributed by atoms with Gasteiger partial charge >= 0.3 is 0 Å². The summed E-state index contributed by atoms with van der Waals surface area (Å²) in [6.45, 7) is 2.59. The van der Waals surface area contributed by atoms with E-state index in [0.29, 0.717) is 18.7 Å². The summed E-state index contributed by atoms with van der Waals surface area (Å²) in [7, 11) is 1.97. The first kappa shape index (κ1) is 19.5. The number of amides is 1. The number of hydrogen-bond acceptors (Lipinski definition) is 5. The Kier molecular flexibility index (Phi) is 5.34. The Morgan fingerprint density at radius 2 is 2.17 bits per heavy atom. The number of nitrogens with zero attached hydrogens (tertiary/aromatic N) is 3. The molecule has 7 nitrogen and oxygen atoms in total. The molecule has 1 saturated heterocycles. The van der Waals surface area contributed by atoms with Gasteiger partial charge in [-0.05, 0) is 38.2 Å². The number of hydrogen-bond donors (Lipinski definition) is 2. The molecule has 2 aromatic heterocycles. The first-order chi connectivity index (χ1) is 14.1. The van der Waals surface area contributed by atoms with Gasteiger partial charge in [0.1, 0.15) is 0 Å². The molecule has 29 heavy (non-hydrogen) atoms. The lowest BCUT2D eigenvalue weighted by Crippen LogP contribution is -2.44. The molecule has 2 aliphatic heterocycles. The Morgan fingerprint density at radius 1 is 1.34 bits per heavy atom. The first-order valence-corrected chi connectivity index (χ1v) is 9.93. The number of aliphatic hydroxyl groups excluding tert-OH is 1. The van der Waals surface area contributed by atoms with Gasteiger partial charge in [-0.2, -0.15) is 0 Å². The summed E-state index contributed by atoms with van der Waals surface area (Å²) in [6.07, 6.45) is 5.34. The van der Waals surface area contributed by atoms with E-state index in [9.17, 15) is 14.7 Å². The summed E-state index contributed by atoms with van der Waals surface area (Å²) in [4.78, 5) is 32.5. The van der Waals surface area contributed by atoms with E-state index in [1.807, 2.05) is 50.4 Å². The molecule has 2 N–H and O–H groups in total. The van der Waals surface area contributed by atoms with Gasteiger partial charge < -0.3 is 15.0 Å². The summed E-state index contributed by atoms with van der Waals surface area (Å²) in [5, 5.41) is 13.1. The number of aliphatic hydroxyl groups is 1. The Balaban J connectivity index is 1.67. The molecule has 0 radical (unpaired) electrons. The fourth-order valence-electron chi connectivity index (χ4n) is 4.81. The van der Waals surface area contributed by atoms with Gasteiger partial charge in [0.2, 0.25) is 5.91 Å². The average Bonchev–Trinajstić information content (AvgIpc) is 2.91. The molecular weight excluding hydrogens is 368 g/mol. The van der Waals surface area contributed by atoms with E-state index in [1.54, 1.807) is 16.8 Å². The van der Waals surface area contributed by atoms with E-state index < -0.39 is 5.92 Å². The predicted octanol–water partition coefficient (Wildman–Crippen LogP) is 1.19. The number of aromatic nitrogens is 2. The quantitative estimate of drug-likeness (QED) is 0.795. The molecule has 2 aromatic rings. The second-order valence-electron chi connectivity index (χ2n) is 7.72. The number of nitrogens with one attached hydrogen (secondary N) is 1. The summed E-state index contributed by atoms with van der Waals surface area (Å²) >= 11 is 0. The van der Waals surface area contributed by atoms with Gasteiger partial charge in [-0.15, -0.1) is 0 Å². The van der Waals surface area contributed by atoms with Crippen molar-refractivity contribution in [2.75, 3.05) is 13.7 Å². The third-order valence-corrected chi connectivity index (χ3v) is 6.20. The SMILES string of the molecule is C/C=C/c1ccc2n(c1=O)C[C@@H]1[C@@H](CO)[C@H](C(=O)NCc3ccccn3)[C@H]2N1C. The van der Waals surface area contributed by atoms with Crippen molar-refractivity contribution in [1.29, 1.82) is 0 Å². The van der Waals surface area contributed by atoms with Crippen molar-refractivity contribution in [1.82, 2.24) is 19.8 Å². The Hall–Kier alpha value is -2.77. The van der Waals surface area contributed by atoms with Crippen LogP contribution in [0.15, 0.2) is 47.4 Å². The third kappa shape index (κ3) is 3.30. The van der Waals surface area contributed by atoms with E-state index in [1.165, 1.54) is 0 Å². The van der Waals surface area contributed by atoms with Crippen LogP contribution in [0.4, 0.5) is 0 Å². The maximum Gasteiger partial charge on any atom is 0.258 e. The standard InChI is InChI=1S/C22H26N4O3/c1-3-6-14-8-9-17-20-19(21(28)24-11-15-7-4-5-10-23-15)16(13-27)18(25(20)2)12-26(17)22(14)29/h3-10,16,18-20,27H,11-13H2,1-2H3,(H,24,28)/b6-3+/t16-,18-,19+,20+/m1/s1. The van der Waals surface area contributed by atoms with Gasteiger partial charge in [0.15, 0.2) is 0 Å². The smallest absolute Gasteiger partial charge is 0.258 e. The molecule has 4 rings (SSSR count). The number of fused-ring (bicyclic) bond motifs is 4. The van der Waals surface area contributed by atoms with Crippen LogP contribution in [0.25, 0.3) is 6.08 Å². The highest BCUT2D eigenvalue weighted by atomic mass is 16.3. The lowest BCUT2D eigenvalue weighted by molar-refractivity contribution is -0.127. The maximum absolute atomic E-state index is 13.2. The fraction of sp³-hybridized carbons (Fsp3) is 0.409. The third-order valence-electron chi connectivity index (χ3n) is 6.20. The number of likely N-dealkylation sites (N-methyl/N-ethyl adjacent to an activating group) is 1. The molecule has 4 atom stereocenters. The van der Waals surface area contributed by atoms with Gasteiger partial charge in [-0.3, -0.25) is 19.5 Å². The number of carbonyl (C=O) groups excluding carboxylic acids is 1. The van der Waals surface area contributed by atoms with E-state index in [4.69, 9.17) is 0 Å². The van der Waals surface area contributed by atoms with Crippen molar-refractivity contribution < 1.29 is 9.90 Å². The minimum Gasteiger partial charge on any atom is -0.396 e. The first-order valence-electron chi connectivity index (χ1n) is 9.93. The van der Waals surface area contributed by atoms with Crippen LogP contribution in [0.1, 0.15) is 29.9 Å². The molecule has 0 spiro atoms. The van der Waals surface area contributed by atoms with Crippen molar-refractivity contribution in [3.63, 3.8) is 0 Å². The molecular formula is C22H26N4O3. The van der Waals surface area contributed by atoms with Crippen molar-refractivity contribution in [2.45, 2.75) is 32.1 Å². The normalized spacial score (nSPS) is 25.9. The highest BCUT2D eigenvalue weighted by Crippen LogP contribution is 2.47. The molecule has 0 aromatic carbocycles. The highest BCUT2D eigenvalue weighted by Gasteiger charge is 2.54. The number of allylic oxidation sites excluding steroid dienone is 1. The highest BCUT2D eigenvalue weighted by molar-refractivity contribution is 5.80. The van der Waals surface area contributed by atoms with Gasteiger partial charge in [0.05, 0.1) is 24.2 Å². The van der Waals surface area contributed by atoms with E-state index in [2.05, 4.69) is 15.2 Å². The van der Waals surface area contributed by atoms with Crippen LogP contribution in [0.2, 0.25) is 0 Å². The second-order valence-corrected chi connectivity index (χ2v) is 7.72. The fourth-order valence-corrected chi connectivity index (χ4v) is 4.81. The van der Waals surface area contributed by atoms with E-state index in [0.717, 1.165) is 11.4 Å². The minimum atomic E-state index is -0.431. The minimum absolute atomic E-state index is 0.0464. The maximum atomic E-state index is 13.2. The lowest BCUT2D eigenvalue weighted by atomic mass is 9.86. The van der Waals surface area contributed by atoms with Crippen LogP contribution < -0.4 is 10.9 Å². The zero-order valence-electron chi connectivity index (χ0n) is 16.7. The van der Waals surface area contributed by atoms with Crippen LogP contribution in [0.3, 0.4) is 0 Å². The summed E-state index contributed by atoms with van der Waals surface area (Å²) in [6, 6.07) is 9.01. The molecule has 0 unspecified atom stereocenters. The molecule has 7 heteroatoms. The van der Waals surface area contributed by atoms with Crippen LogP contribution >= 0.6 is 0 Å². The van der Waals surface area contributed by atoms with Gasteiger partial charge in [0.25, 0.3) is 5.56 Å². The summed E-state index contributed by atoms with van der Waals surface area (Å²) in [5.74, 6) is -0.787. The zero-order valence-corrected chi connectivity index (χ0v) is 16.7. The Labute approximate surface area is 169 Å². The summed E-state index contributed by atoms with van der Waals surface area (Å²) in [5.41, 5.74) is 2.20. The van der Waals surface area contributed by atoms with E-state index in [-0.39, 0.29) is 36.1 Å². The van der Waals surface area contributed by atoms with Crippen molar-refractivity contribution in [2.24, 2.45) is 11.8 Å². The number of rotatable bonds is 5. The monoisotopic (exact) mass is 394 g/mol. The van der Waals surface area contributed by atoms with Crippen LogP contribution in [0, 0.1) is 11.8 Å². The van der Waals surface area contributed by atoms with Crippen LogP contribution in [-0.2, 0) is 17.9 Å². The van der Waals surface area contributed by atoms with Crippen LogP contribution in [0.5, 0.6) is 0 Å². The lowest BCUT2D eigenvalue weighted by Gasteiger charge is -2.35. The number of pyridine rings is 2. The molecule has 0 saturated carbocycles. The topological polar surface area (TPSA) is 87.5 Å². The Morgan fingerprint density at radius 3 is 2.86 bits per heavy atom. The molecule has 1 amide bonds. The number of carbonyl (C=O) groups is 1. The van der Waals surface area contributed by atoms with Crippen molar-refractivity contribution in [3.8, 4) is 0 Å². The zero-order chi connectivity index (χ0) is 20.5. The molecule has 152 valence electrons. The van der Waals surface area contributed by atoms with E-state index >= 15 is 0 Å². The van der Waals surface area contributed by atoms with Crippen molar-refractivity contribution in [3.05, 3.63) is 69.9 Å².